The molecule has 0 bridgehead atoms. The van der Waals surface area contributed by atoms with E-state index in [1.807, 2.05) is 60.7 Å². The van der Waals surface area contributed by atoms with Crippen molar-refractivity contribution in [3.63, 3.8) is 0 Å². The van der Waals surface area contributed by atoms with E-state index in [1.54, 1.807) is 6.07 Å². The second-order valence-electron chi connectivity index (χ2n) is 5.50. The van der Waals surface area contributed by atoms with E-state index in [0.717, 1.165) is 21.9 Å². The van der Waals surface area contributed by atoms with Gasteiger partial charge in [-0.05, 0) is 28.6 Å². The van der Waals surface area contributed by atoms with Gasteiger partial charge in [0.25, 0.3) is 0 Å². The van der Waals surface area contributed by atoms with Crippen molar-refractivity contribution in [2.24, 2.45) is 0 Å². The van der Waals surface area contributed by atoms with Crippen molar-refractivity contribution in [3.8, 4) is 0 Å². The molecule has 0 fully saturated rings. The molecule has 0 atom stereocenters. The molecule has 4 aromatic rings. The molecule has 0 radical (unpaired) electrons. The zero-order valence-corrected chi connectivity index (χ0v) is 13.0. The predicted molar refractivity (Wildman–Crippen MR) is 94.2 cm³/mol. The third kappa shape index (κ3) is 2.41. The largest absolute Gasteiger partial charge is 0.422 e. The summed E-state index contributed by atoms with van der Waals surface area (Å²) in [6, 6.07) is 21.2. The van der Waals surface area contributed by atoms with Gasteiger partial charge in [-0.2, -0.15) is 0 Å². The van der Waals surface area contributed by atoms with Gasteiger partial charge >= 0.3 is 5.63 Å². The first-order chi connectivity index (χ1) is 11.2. The smallest absolute Gasteiger partial charge is 0.344 e. The van der Waals surface area contributed by atoms with Gasteiger partial charge < -0.3 is 4.42 Å². The average Bonchev–Trinajstić information content (AvgIpc) is 2.58. The topological polar surface area (TPSA) is 30.2 Å². The number of fused-ring (bicyclic) bond motifs is 3. The van der Waals surface area contributed by atoms with E-state index >= 15 is 0 Å². The zero-order valence-electron chi connectivity index (χ0n) is 12.3. The lowest BCUT2D eigenvalue weighted by Crippen LogP contribution is -2.01. The first kappa shape index (κ1) is 14.0. The first-order valence-electron chi connectivity index (χ1n) is 7.41. The van der Waals surface area contributed by atoms with E-state index in [-0.39, 0.29) is 5.63 Å². The van der Waals surface area contributed by atoms with Crippen LogP contribution in [-0.2, 0) is 6.42 Å². The molecule has 0 amide bonds. The highest BCUT2D eigenvalue weighted by molar-refractivity contribution is 6.31. The van der Waals surface area contributed by atoms with Crippen molar-refractivity contribution in [1.29, 1.82) is 0 Å². The van der Waals surface area contributed by atoms with Gasteiger partial charge in [0.2, 0.25) is 0 Å². The van der Waals surface area contributed by atoms with Crippen LogP contribution in [0.25, 0.3) is 21.7 Å². The van der Waals surface area contributed by atoms with Crippen molar-refractivity contribution in [2.75, 3.05) is 0 Å². The maximum absolute atomic E-state index is 12.3. The molecular formula is C20H13ClO2. The minimum Gasteiger partial charge on any atom is -0.422 e. The van der Waals surface area contributed by atoms with Crippen LogP contribution in [0.5, 0.6) is 0 Å². The second kappa shape index (κ2) is 5.56. The molecule has 1 aromatic heterocycles. The molecule has 23 heavy (non-hydrogen) atoms. The summed E-state index contributed by atoms with van der Waals surface area (Å²) in [7, 11) is 0. The minimum absolute atomic E-state index is 0.306. The third-order valence-corrected chi connectivity index (χ3v) is 4.44. The Morgan fingerprint density at radius 3 is 2.22 bits per heavy atom. The Labute approximate surface area is 137 Å². The molecule has 0 aliphatic carbocycles. The van der Waals surface area contributed by atoms with Gasteiger partial charge in [-0.1, -0.05) is 66.2 Å². The van der Waals surface area contributed by atoms with Crippen LogP contribution in [-0.4, -0.2) is 0 Å². The summed E-state index contributed by atoms with van der Waals surface area (Å²) in [5.74, 6) is 0. The second-order valence-corrected chi connectivity index (χ2v) is 5.90. The van der Waals surface area contributed by atoms with Crippen molar-refractivity contribution in [1.82, 2.24) is 0 Å². The number of halogens is 1. The van der Waals surface area contributed by atoms with Crippen LogP contribution in [0.2, 0.25) is 5.02 Å². The number of hydrogen-bond acceptors (Lipinski definition) is 2. The van der Waals surface area contributed by atoms with Gasteiger partial charge in [0.15, 0.2) is 0 Å². The predicted octanol–water partition coefficient (Wildman–Crippen LogP) is 5.19. The van der Waals surface area contributed by atoms with Crippen molar-refractivity contribution < 1.29 is 4.42 Å². The molecular weight excluding hydrogens is 308 g/mol. The van der Waals surface area contributed by atoms with E-state index in [0.29, 0.717) is 22.4 Å². The molecule has 3 heteroatoms. The van der Waals surface area contributed by atoms with Crippen LogP contribution in [0.3, 0.4) is 0 Å². The number of para-hydroxylation sites is 1. The number of benzene rings is 3. The molecule has 0 unspecified atom stereocenters. The lowest BCUT2D eigenvalue weighted by Gasteiger charge is -2.08. The molecule has 1 heterocycles. The van der Waals surface area contributed by atoms with Gasteiger partial charge in [-0.25, -0.2) is 4.79 Å². The van der Waals surface area contributed by atoms with Crippen LogP contribution in [0.1, 0.15) is 11.1 Å². The molecule has 0 aliphatic rings. The van der Waals surface area contributed by atoms with E-state index in [2.05, 4.69) is 0 Å². The maximum atomic E-state index is 12.3. The summed E-state index contributed by atoms with van der Waals surface area (Å²) < 4.78 is 5.62. The summed E-state index contributed by atoms with van der Waals surface area (Å²) in [6.45, 7) is 0. The van der Waals surface area contributed by atoms with Crippen molar-refractivity contribution in [2.45, 2.75) is 6.42 Å². The standard InChI is InChI=1S/C20H13ClO2/c21-18-11-4-1-6-13(18)12-14-7-5-10-16-15-8-2-3-9-17(15)20(22)23-19(14)16/h1-11H,12H2. The highest BCUT2D eigenvalue weighted by atomic mass is 35.5. The Morgan fingerprint density at radius 2 is 1.39 bits per heavy atom. The number of hydrogen-bond donors (Lipinski definition) is 0. The summed E-state index contributed by atoms with van der Waals surface area (Å²) in [5, 5.41) is 3.19. The molecule has 0 aliphatic heterocycles. The third-order valence-electron chi connectivity index (χ3n) is 4.07. The van der Waals surface area contributed by atoms with E-state index in [4.69, 9.17) is 16.0 Å². The monoisotopic (exact) mass is 320 g/mol. The lowest BCUT2D eigenvalue weighted by molar-refractivity contribution is 0.566. The normalized spacial score (nSPS) is 11.2. The molecule has 0 N–H and O–H groups in total. The fourth-order valence-electron chi connectivity index (χ4n) is 2.95. The Bertz CT molecular complexity index is 1080. The minimum atomic E-state index is -0.306. The number of rotatable bonds is 2. The van der Waals surface area contributed by atoms with Gasteiger partial charge in [0.05, 0.1) is 5.39 Å². The highest BCUT2D eigenvalue weighted by Crippen LogP contribution is 2.28. The van der Waals surface area contributed by atoms with Crippen LogP contribution in [0, 0.1) is 0 Å². The Hall–Kier alpha value is -2.58. The van der Waals surface area contributed by atoms with Crippen LogP contribution >= 0.6 is 11.6 Å². The van der Waals surface area contributed by atoms with Crippen molar-refractivity contribution >= 4 is 33.3 Å². The van der Waals surface area contributed by atoms with Gasteiger partial charge in [-0.3, -0.25) is 0 Å². The highest BCUT2D eigenvalue weighted by Gasteiger charge is 2.11. The molecule has 3 aromatic carbocycles. The molecule has 0 saturated carbocycles. The zero-order chi connectivity index (χ0) is 15.8. The van der Waals surface area contributed by atoms with E-state index in [1.165, 1.54) is 0 Å². The Morgan fingerprint density at radius 1 is 0.739 bits per heavy atom. The fraction of sp³-hybridized carbons (Fsp3) is 0.0500. The molecule has 2 nitrogen and oxygen atoms in total. The summed E-state index contributed by atoms with van der Waals surface area (Å²) in [4.78, 5) is 12.3. The van der Waals surface area contributed by atoms with Gasteiger partial charge in [0, 0.05) is 16.8 Å². The van der Waals surface area contributed by atoms with Gasteiger partial charge in [0.1, 0.15) is 5.58 Å². The molecule has 4 rings (SSSR count). The average molecular weight is 321 g/mol. The van der Waals surface area contributed by atoms with Gasteiger partial charge in [-0.15, -0.1) is 0 Å². The summed E-state index contributed by atoms with van der Waals surface area (Å²) in [5.41, 5.74) is 2.30. The summed E-state index contributed by atoms with van der Waals surface area (Å²) in [6.07, 6.45) is 0.623. The van der Waals surface area contributed by atoms with Crippen LogP contribution in [0.15, 0.2) is 75.9 Å². The molecule has 0 saturated heterocycles. The maximum Gasteiger partial charge on any atom is 0.344 e. The first-order valence-corrected chi connectivity index (χ1v) is 7.79. The van der Waals surface area contributed by atoms with E-state index in [9.17, 15) is 4.79 Å². The van der Waals surface area contributed by atoms with Crippen LogP contribution in [0.4, 0.5) is 0 Å². The fourth-order valence-corrected chi connectivity index (χ4v) is 3.15. The SMILES string of the molecule is O=c1oc2c(Cc3ccccc3Cl)cccc2c2ccccc12. The lowest BCUT2D eigenvalue weighted by atomic mass is 10.00. The summed E-state index contributed by atoms with van der Waals surface area (Å²) >= 11 is 6.26. The van der Waals surface area contributed by atoms with Crippen molar-refractivity contribution in [3.05, 3.63) is 93.3 Å². The molecule has 0 spiro atoms. The quantitative estimate of drug-likeness (QED) is 0.376. The van der Waals surface area contributed by atoms with E-state index < -0.39 is 0 Å². The van der Waals surface area contributed by atoms with Crippen LogP contribution < -0.4 is 5.63 Å². The Kier molecular flexibility index (Phi) is 3.40. The Balaban J connectivity index is 1.98. The molecule has 112 valence electrons.